The minimum atomic E-state index is -0.987. The molecule has 7 nitrogen and oxygen atoms in total. The van der Waals surface area contributed by atoms with E-state index in [1.165, 1.54) is 12.1 Å². The van der Waals surface area contributed by atoms with Crippen molar-refractivity contribution in [3.05, 3.63) is 90.0 Å². The number of amides is 2. The fourth-order valence-electron chi connectivity index (χ4n) is 3.57. The third-order valence-corrected chi connectivity index (χ3v) is 5.26. The number of nitrogens with zero attached hydrogens (tertiary/aromatic N) is 1. The van der Waals surface area contributed by atoms with E-state index in [2.05, 4.69) is 5.32 Å². The summed E-state index contributed by atoms with van der Waals surface area (Å²) in [7, 11) is 0. The molecular weight excluding hydrogens is 408 g/mol. The second kappa shape index (κ2) is 9.34. The van der Waals surface area contributed by atoms with Crippen LogP contribution >= 0.6 is 0 Å². The Balaban J connectivity index is 1.32. The summed E-state index contributed by atoms with van der Waals surface area (Å²) in [6, 6.07) is 22.3. The normalized spacial score (nSPS) is 15.4. The Hall–Kier alpha value is -4.13. The number of nitrogens with one attached hydrogen (secondary N) is 1. The molecule has 1 saturated heterocycles. The highest BCUT2D eigenvalue weighted by molar-refractivity contribution is 6.04. The van der Waals surface area contributed by atoms with Gasteiger partial charge in [0.15, 0.2) is 0 Å². The lowest BCUT2D eigenvalue weighted by atomic mass is 10.1. The van der Waals surface area contributed by atoms with Crippen LogP contribution in [0.2, 0.25) is 0 Å². The van der Waals surface area contributed by atoms with Crippen molar-refractivity contribution < 1.29 is 24.2 Å². The Kier molecular flexibility index (Phi) is 6.17. The number of carbonyl (C=O) groups is 3. The number of hydrogen-bond acceptors (Lipinski definition) is 4. The van der Waals surface area contributed by atoms with Gasteiger partial charge in [0, 0.05) is 35.8 Å². The fourth-order valence-corrected chi connectivity index (χ4v) is 3.57. The largest absolute Gasteiger partial charge is 0.493 e. The highest BCUT2D eigenvalue weighted by Crippen LogP contribution is 2.27. The number of benzene rings is 3. The van der Waals surface area contributed by atoms with E-state index in [0.717, 1.165) is 5.69 Å². The van der Waals surface area contributed by atoms with Crippen molar-refractivity contribution in [3.8, 4) is 5.75 Å². The van der Waals surface area contributed by atoms with Crippen LogP contribution in [0.5, 0.6) is 5.75 Å². The molecule has 0 aromatic heterocycles. The maximum atomic E-state index is 12.5. The zero-order valence-electron chi connectivity index (χ0n) is 17.2. The van der Waals surface area contributed by atoms with Crippen LogP contribution in [0.25, 0.3) is 0 Å². The van der Waals surface area contributed by atoms with E-state index in [4.69, 9.17) is 9.84 Å². The van der Waals surface area contributed by atoms with E-state index in [1.54, 1.807) is 41.3 Å². The van der Waals surface area contributed by atoms with Crippen molar-refractivity contribution in [1.82, 2.24) is 0 Å². The molecule has 0 saturated carbocycles. The van der Waals surface area contributed by atoms with Crippen LogP contribution in [0.4, 0.5) is 11.4 Å². The highest BCUT2D eigenvalue weighted by Gasteiger charge is 2.31. The predicted molar refractivity (Wildman–Crippen MR) is 120 cm³/mol. The quantitative estimate of drug-likeness (QED) is 0.589. The first-order valence-electron chi connectivity index (χ1n) is 10.2. The average Bonchev–Trinajstić information content (AvgIpc) is 3.19. The number of aromatic carboxylic acids is 1. The molecule has 0 spiro atoms. The van der Waals surface area contributed by atoms with Gasteiger partial charge in [-0.2, -0.15) is 0 Å². The van der Waals surface area contributed by atoms with E-state index >= 15 is 0 Å². The third kappa shape index (κ3) is 4.95. The number of anilines is 2. The first-order valence-corrected chi connectivity index (χ1v) is 10.2. The summed E-state index contributed by atoms with van der Waals surface area (Å²) in [6.07, 6.45) is 0.375. The zero-order chi connectivity index (χ0) is 22.5. The summed E-state index contributed by atoms with van der Waals surface area (Å²) in [5.41, 5.74) is 2.19. The Bertz CT molecular complexity index is 1110. The van der Waals surface area contributed by atoms with Crippen LogP contribution in [-0.4, -0.2) is 36.0 Å². The number of carboxylic acid groups (broad SMARTS) is 1. The van der Waals surface area contributed by atoms with Crippen LogP contribution in [0.15, 0.2) is 78.9 Å². The van der Waals surface area contributed by atoms with E-state index in [0.29, 0.717) is 36.6 Å². The highest BCUT2D eigenvalue weighted by atomic mass is 16.5. The molecule has 1 unspecified atom stereocenters. The Morgan fingerprint density at radius 3 is 2.28 bits per heavy atom. The predicted octanol–water partition coefficient (Wildman–Crippen LogP) is 4.07. The maximum Gasteiger partial charge on any atom is 0.335 e. The lowest BCUT2D eigenvalue weighted by molar-refractivity contribution is -0.117. The van der Waals surface area contributed by atoms with Crippen molar-refractivity contribution in [2.24, 2.45) is 5.92 Å². The second-order valence-electron chi connectivity index (χ2n) is 7.58. The summed E-state index contributed by atoms with van der Waals surface area (Å²) < 4.78 is 5.74. The smallest absolute Gasteiger partial charge is 0.335 e. The van der Waals surface area contributed by atoms with Gasteiger partial charge in [0.05, 0.1) is 12.2 Å². The van der Waals surface area contributed by atoms with E-state index in [-0.39, 0.29) is 23.3 Å². The summed E-state index contributed by atoms with van der Waals surface area (Å²) in [5.74, 6) is -0.567. The molecule has 0 aliphatic carbocycles. The number of hydrogen-bond donors (Lipinski definition) is 2. The van der Waals surface area contributed by atoms with Gasteiger partial charge in [-0.05, 0) is 60.7 Å². The molecule has 2 amide bonds. The molecule has 1 heterocycles. The van der Waals surface area contributed by atoms with Gasteiger partial charge in [-0.15, -0.1) is 0 Å². The molecule has 4 rings (SSSR count). The van der Waals surface area contributed by atoms with Crippen molar-refractivity contribution in [2.75, 3.05) is 23.4 Å². The zero-order valence-corrected chi connectivity index (χ0v) is 17.2. The van der Waals surface area contributed by atoms with Crippen LogP contribution in [-0.2, 0) is 4.79 Å². The Labute approximate surface area is 185 Å². The Morgan fingerprint density at radius 1 is 0.938 bits per heavy atom. The summed E-state index contributed by atoms with van der Waals surface area (Å²) in [6.45, 7) is 0.891. The molecule has 3 aromatic carbocycles. The van der Waals surface area contributed by atoms with Crippen LogP contribution in [0.1, 0.15) is 27.1 Å². The molecule has 3 aromatic rings. The van der Waals surface area contributed by atoms with Gasteiger partial charge < -0.3 is 20.1 Å². The monoisotopic (exact) mass is 430 g/mol. The third-order valence-electron chi connectivity index (χ3n) is 5.26. The average molecular weight is 430 g/mol. The fraction of sp³-hybridized carbons (Fsp3) is 0.160. The van der Waals surface area contributed by atoms with Gasteiger partial charge in [-0.3, -0.25) is 9.59 Å². The first-order chi connectivity index (χ1) is 15.5. The van der Waals surface area contributed by atoms with Gasteiger partial charge in [-0.1, -0.05) is 18.2 Å². The number of carbonyl (C=O) groups excluding carboxylic acids is 2. The van der Waals surface area contributed by atoms with E-state index in [9.17, 15) is 14.4 Å². The van der Waals surface area contributed by atoms with Crippen molar-refractivity contribution in [1.29, 1.82) is 0 Å². The van der Waals surface area contributed by atoms with Gasteiger partial charge >= 0.3 is 5.97 Å². The lowest BCUT2D eigenvalue weighted by Gasteiger charge is -2.17. The molecule has 1 aliphatic rings. The summed E-state index contributed by atoms with van der Waals surface area (Å²) in [5, 5.41) is 11.8. The molecule has 0 bridgehead atoms. The Morgan fingerprint density at radius 2 is 1.62 bits per heavy atom. The van der Waals surface area contributed by atoms with Gasteiger partial charge in [0.2, 0.25) is 5.91 Å². The minimum absolute atomic E-state index is 0.0147. The SMILES string of the molecule is O=C(O)c1ccc(OCC2CC(=O)N(c3ccc(NC(=O)c4ccccc4)cc3)C2)cc1. The number of carboxylic acids is 1. The lowest BCUT2D eigenvalue weighted by Crippen LogP contribution is -2.25. The summed E-state index contributed by atoms with van der Waals surface area (Å²) >= 11 is 0. The summed E-state index contributed by atoms with van der Waals surface area (Å²) in [4.78, 5) is 37.4. The van der Waals surface area contributed by atoms with Gasteiger partial charge in [0.1, 0.15) is 5.75 Å². The van der Waals surface area contributed by atoms with Crippen molar-refractivity contribution >= 4 is 29.2 Å². The minimum Gasteiger partial charge on any atom is -0.493 e. The molecule has 1 fully saturated rings. The van der Waals surface area contributed by atoms with Crippen molar-refractivity contribution in [3.63, 3.8) is 0 Å². The van der Waals surface area contributed by atoms with E-state index in [1.807, 2.05) is 30.3 Å². The topological polar surface area (TPSA) is 95.9 Å². The number of rotatable bonds is 7. The second-order valence-corrected chi connectivity index (χ2v) is 7.58. The van der Waals surface area contributed by atoms with Crippen LogP contribution in [0, 0.1) is 5.92 Å². The molecule has 2 N–H and O–H groups in total. The molecule has 7 heteroatoms. The molecule has 32 heavy (non-hydrogen) atoms. The van der Waals surface area contributed by atoms with Gasteiger partial charge in [0.25, 0.3) is 5.91 Å². The molecule has 162 valence electrons. The van der Waals surface area contributed by atoms with Crippen LogP contribution < -0.4 is 15.0 Å². The van der Waals surface area contributed by atoms with Crippen molar-refractivity contribution in [2.45, 2.75) is 6.42 Å². The maximum absolute atomic E-state index is 12.5. The number of ether oxygens (including phenoxy) is 1. The molecular formula is C25H22N2O5. The van der Waals surface area contributed by atoms with Gasteiger partial charge in [-0.25, -0.2) is 4.79 Å². The molecule has 1 aliphatic heterocycles. The molecule has 1 atom stereocenters. The standard InChI is InChI=1S/C25H22N2O5/c28-23-14-17(16-32-22-12-6-19(7-13-22)25(30)31)15-27(23)21-10-8-20(9-11-21)26-24(29)18-4-2-1-3-5-18/h1-13,17H,14-16H2,(H,26,29)(H,30,31). The first kappa shape index (κ1) is 21.1. The van der Waals surface area contributed by atoms with Crippen LogP contribution in [0.3, 0.4) is 0 Å². The van der Waals surface area contributed by atoms with E-state index < -0.39 is 5.97 Å². The molecule has 0 radical (unpaired) electrons.